The minimum Gasteiger partial charge on any atom is -0.462 e. The smallest absolute Gasteiger partial charge is 0.345 e. The molecule has 0 saturated carbocycles. The lowest BCUT2D eigenvalue weighted by molar-refractivity contribution is 0.0514. The lowest BCUT2D eigenvalue weighted by Gasteiger charge is -2.37. The second kappa shape index (κ2) is 36.4. The van der Waals surface area contributed by atoms with E-state index in [9.17, 15) is 60.7 Å². The number of para-hydroxylation sites is 3. The summed E-state index contributed by atoms with van der Waals surface area (Å²) in [6.07, 6.45) is 0. The van der Waals surface area contributed by atoms with Gasteiger partial charge in [0.25, 0.3) is 34.4 Å². The first-order valence-corrected chi connectivity index (χ1v) is 38.9. The minimum atomic E-state index is -0.721. The lowest BCUT2D eigenvalue weighted by atomic mass is 10.0. The van der Waals surface area contributed by atoms with Gasteiger partial charge in [0.2, 0.25) is 0 Å². The Kier molecular flexibility index (Phi) is 25.5. The Bertz CT molecular complexity index is 5530. The van der Waals surface area contributed by atoms with Crippen LogP contribution in [0.4, 0.5) is 34.6 Å². The van der Waals surface area contributed by atoms with E-state index in [0.717, 1.165) is 21.9 Å². The number of rotatable bonds is 18. The predicted octanol–water partition coefficient (Wildman–Crippen LogP) is 13.8. The monoisotopic (exact) mass is 1600 g/mol. The van der Waals surface area contributed by atoms with Gasteiger partial charge in [-0.05, 0) is 152 Å². The van der Waals surface area contributed by atoms with Crippen LogP contribution < -0.4 is 31.4 Å². The van der Waals surface area contributed by atoms with Crippen molar-refractivity contribution in [2.45, 2.75) is 40.4 Å². The average molecular weight is 1600 g/mol. The topological polar surface area (TPSA) is 216 Å². The molecule has 3 saturated heterocycles. The van der Waals surface area contributed by atoms with Crippen molar-refractivity contribution in [2.75, 3.05) is 113 Å². The van der Waals surface area contributed by atoms with Gasteiger partial charge in [0.15, 0.2) is 0 Å². The fourth-order valence-corrected chi connectivity index (χ4v) is 15.4. The van der Waals surface area contributed by atoms with Gasteiger partial charge >= 0.3 is 17.9 Å². The molecule has 0 N–H and O–H groups in total. The maximum absolute atomic E-state index is 13.9. The minimum absolute atomic E-state index is 0.0140. The molecular weight excluding hydrogens is 1520 g/mol. The highest BCUT2D eigenvalue weighted by atomic mass is 35.5. The number of carbonyl (C=O) groups excluding carboxylic acids is 6. The Hall–Kier alpha value is -12.7. The van der Waals surface area contributed by atoms with Crippen molar-refractivity contribution in [3.8, 4) is 0 Å². The molecule has 3 fully saturated rings. The number of anilines is 3. The summed E-state index contributed by atoms with van der Waals surface area (Å²) in [7, 11) is 0. The standard InChI is InChI=1S/C30H27ClFN3O4.C30H27F2N3O4.C28H26FN3O4S/c1-2-39-30(38)26-27(33-15-17-34(18-16-33)28(36)21-9-11-22(31)12-10-21)24-5-3-4-6-25(24)35(29(26)37)19-20-7-13-23(32)14-8-20;1-2-39-30(38)26-27(33-15-17-34(18-16-33)28(36)21-9-13-23(32)14-10-21)24-5-3-4-6-25(24)35(29(26)37)19-20-7-11-22(31)12-8-20;1-2-36-28(35)24-25(30-13-15-31(16-14-30)26(33)23-8-5-17-37-23)21-6-3-4-7-22(21)32(27(24)34)18-19-9-11-20(29)12-10-19/h2*3-14H,2,15-19H2,1H3;3-12,17H,2,13-16,18H2,1H3. The first-order chi connectivity index (χ1) is 55.7. The van der Waals surface area contributed by atoms with Crippen LogP contribution in [0.2, 0.25) is 5.02 Å². The summed E-state index contributed by atoms with van der Waals surface area (Å²) in [6.45, 7) is 10.9. The van der Waals surface area contributed by atoms with E-state index in [1.165, 1.54) is 85.7 Å². The largest absolute Gasteiger partial charge is 0.462 e. The predicted molar refractivity (Wildman–Crippen MR) is 436 cm³/mol. The molecule has 15 rings (SSSR count). The van der Waals surface area contributed by atoms with Gasteiger partial charge in [-0.1, -0.05) is 109 Å². The van der Waals surface area contributed by atoms with Gasteiger partial charge in [0.1, 0.15) is 40.0 Å². The molecule has 115 heavy (non-hydrogen) atoms. The van der Waals surface area contributed by atoms with Crippen molar-refractivity contribution in [1.29, 1.82) is 0 Å². The number of pyridine rings is 3. The second-order valence-corrected chi connectivity index (χ2v) is 28.6. The SMILES string of the molecule is CCOC(=O)c1c(N2CCN(C(=O)c3ccc(Cl)cc3)CC2)c2ccccc2n(Cc2ccc(F)cc2)c1=O.CCOC(=O)c1c(N2CCN(C(=O)c3ccc(F)cc3)CC2)c2ccccc2n(Cc2ccc(F)cc2)c1=O.CCOC(=O)c1c(N2CCN(C(=O)c3cccs3)CC2)c2ccccc2n(Cc2ccc(F)cc2)c1=O. The van der Waals surface area contributed by atoms with Crippen LogP contribution in [0.5, 0.6) is 0 Å². The summed E-state index contributed by atoms with van der Waals surface area (Å²) in [6, 6.07) is 55.7. The van der Waals surface area contributed by atoms with Crippen molar-refractivity contribution in [2.24, 2.45) is 0 Å². The van der Waals surface area contributed by atoms with E-state index in [-0.39, 0.29) is 91.3 Å². The fraction of sp³-hybridized carbons (Fsp3) is 0.239. The van der Waals surface area contributed by atoms with Crippen LogP contribution in [0.25, 0.3) is 32.7 Å². The van der Waals surface area contributed by atoms with E-state index in [4.69, 9.17) is 25.8 Å². The second-order valence-electron chi connectivity index (χ2n) is 27.3. The fourth-order valence-electron chi connectivity index (χ4n) is 14.6. The molecule has 4 aromatic heterocycles. The summed E-state index contributed by atoms with van der Waals surface area (Å²) < 4.78 is 74.3. The van der Waals surface area contributed by atoms with Gasteiger partial charge < -0.3 is 57.3 Å². The summed E-state index contributed by atoms with van der Waals surface area (Å²) >= 11 is 7.37. The van der Waals surface area contributed by atoms with Gasteiger partial charge in [-0.3, -0.25) is 28.8 Å². The van der Waals surface area contributed by atoms with Crippen molar-refractivity contribution in [1.82, 2.24) is 28.4 Å². The Morgan fingerprint density at radius 3 is 0.913 bits per heavy atom. The molecule has 3 amide bonds. The van der Waals surface area contributed by atoms with Crippen LogP contribution in [0.1, 0.15) is 98.9 Å². The molecule has 21 nitrogen and oxygen atoms in total. The van der Waals surface area contributed by atoms with E-state index in [1.54, 1.807) is 96.1 Å². The zero-order valence-electron chi connectivity index (χ0n) is 63.2. The van der Waals surface area contributed by atoms with E-state index >= 15 is 0 Å². The van der Waals surface area contributed by atoms with Crippen LogP contribution in [0.15, 0.2) is 226 Å². The molecule has 8 aromatic carbocycles. The van der Waals surface area contributed by atoms with Gasteiger partial charge in [0, 0.05) is 111 Å². The van der Waals surface area contributed by atoms with E-state index in [2.05, 4.69) is 0 Å². The molecule has 0 spiro atoms. The number of aromatic nitrogens is 3. The number of benzene rings is 8. The first-order valence-electron chi connectivity index (χ1n) is 37.6. The summed E-state index contributed by atoms with van der Waals surface area (Å²) in [5.41, 5.74) is 4.95. The zero-order valence-corrected chi connectivity index (χ0v) is 64.7. The molecule has 3 aliphatic rings. The van der Waals surface area contributed by atoms with Crippen LogP contribution in [0, 0.1) is 23.3 Å². The maximum Gasteiger partial charge on any atom is 0.345 e. The Morgan fingerprint density at radius 1 is 0.348 bits per heavy atom. The quantitative estimate of drug-likeness (QED) is 0.0443. The summed E-state index contributed by atoms with van der Waals surface area (Å²) in [4.78, 5) is 132. The third-order valence-corrected chi connectivity index (χ3v) is 21.3. The normalized spacial score (nSPS) is 13.6. The Labute approximate surface area is 667 Å². The van der Waals surface area contributed by atoms with Crippen LogP contribution in [-0.4, -0.2) is 162 Å². The van der Waals surface area contributed by atoms with Gasteiger partial charge in [-0.25, -0.2) is 31.9 Å². The number of halogens is 5. The highest BCUT2D eigenvalue weighted by Gasteiger charge is 2.35. The van der Waals surface area contributed by atoms with E-state index in [1.807, 2.05) is 105 Å². The number of ether oxygens (including phenoxy) is 3. The number of thiophene rings is 1. The highest BCUT2D eigenvalue weighted by Crippen LogP contribution is 2.36. The van der Waals surface area contributed by atoms with Gasteiger partial charge in [-0.15, -0.1) is 11.3 Å². The molecule has 12 aromatic rings. The molecule has 0 radical (unpaired) electrons. The zero-order chi connectivity index (χ0) is 81.0. The van der Waals surface area contributed by atoms with Crippen LogP contribution in [-0.2, 0) is 33.8 Å². The van der Waals surface area contributed by atoms with E-state index in [0.29, 0.717) is 144 Å². The molecule has 590 valence electrons. The number of hydrogen-bond donors (Lipinski definition) is 0. The first kappa shape index (κ1) is 80.4. The Balaban J connectivity index is 0.000000150. The molecule has 0 bridgehead atoms. The number of carbonyl (C=O) groups is 6. The Morgan fingerprint density at radius 2 is 0.626 bits per heavy atom. The third-order valence-electron chi connectivity index (χ3n) is 20.2. The molecule has 7 heterocycles. The number of hydrogen-bond acceptors (Lipinski definition) is 16. The van der Waals surface area contributed by atoms with Crippen LogP contribution >= 0.6 is 22.9 Å². The summed E-state index contributed by atoms with van der Waals surface area (Å²) in [5.74, 6) is -3.95. The third kappa shape index (κ3) is 17.9. The van der Waals surface area contributed by atoms with Crippen molar-refractivity contribution >= 4 is 108 Å². The molecule has 0 aliphatic carbocycles. The molecular formula is C88H80ClF4N9O12S. The van der Waals surface area contributed by atoms with Gasteiger partial charge in [0.05, 0.1) is 77.9 Å². The number of piperazine rings is 3. The number of amides is 3. The van der Waals surface area contributed by atoms with Gasteiger partial charge in [-0.2, -0.15) is 0 Å². The maximum atomic E-state index is 13.9. The number of nitrogens with zero attached hydrogens (tertiary/aromatic N) is 9. The van der Waals surface area contributed by atoms with Crippen LogP contribution in [0.3, 0.4) is 0 Å². The molecule has 27 heteroatoms. The number of esters is 3. The van der Waals surface area contributed by atoms with E-state index < -0.39 is 40.4 Å². The van der Waals surface area contributed by atoms with Crippen molar-refractivity contribution in [3.05, 3.63) is 320 Å². The van der Waals surface area contributed by atoms with Crippen molar-refractivity contribution in [3.63, 3.8) is 0 Å². The number of fused-ring (bicyclic) bond motifs is 3. The molecule has 0 unspecified atom stereocenters. The molecule has 0 atom stereocenters. The average Bonchev–Trinajstić information content (AvgIpc) is 0.790. The summed E-state index contributed by atoms with van der Waals surface area (Å²) in [5, 5.41) is 4.59. The lowest BCUT2D eigenvalue weighted by Crippen LogP contribution is -2.49. The molecule has 3 aliphatic heterocycles. The van der Waals surface area contributed by atoms with Crippen molar-refractivity contribution < 1.29 is 60.5 Å². The highest BCUT2D eigenvalue weighted by molar-refractivity contribution is 7.12.